The summed E-state index contributed by atoms with van der Waals surface area (Å²) in [7, 11) is 0. The zero-order chi connectivity index (χ0) is 9.23. The average Bonchev–Trinajstić information content (AvgIpc) is 2.10. The average molecular weight is 171 g/mol. The van der Waals surface area contributed by atoms with Crippen molar-refractivity contribution in [1.82, 2.24) is 0 Å². The van der Waals surface area contributed by atoms with E-state index in [4.69, 9.17) is 0 Å². The van der Waals surface area contributed by atoms with Crippen molar-refractivity contribution in [2.75, 3.05) is 6.61 Å². The molecule has 0 saturated carbocycles. The molecule has 0 heterocycles. The molecule has 0 aliphatic carbocycles. The molecule has 0 spiro atoms. The van der Waals surface area contributed by atoms with E-state index in [2.05, 4.69) is 18.6 Å². The SMILES string of the molecule is CCCCC(CCC)CO[C]=O. The summed E-state index contributed by atoms with van der Waals surface area (Å²) >= 11 is 0. The number of hydrogen-bond acceptors (Lipinski definition) is 2. The van der Waals surface area contributed by atoms with Gasteiger partial charge in [-0.25, -0.2) is 4.79 Å². The van der Waals surface area contributed by atoms with Gasteiger partial charge in [-0.3, -0.25) is 0 Å². The molecule has 0 aliphatic rings. The lowest BCUT2D eigenvalue weighted by atomic mass is 9.98. The van der Waals surface area contributed by atoms with Crippen LogP contribution in [0.5, 0.6) is 0 Å². The van der Waals surface area contributed by atoms with Crippen molar-refractivity contribution in [1.29, 1.82) is 0 Å². The number of carbonyl (C=O) groups excluding carboxylic acids is 1. The van der Waals surface area contributed by atoms with Gasteiger partial charge < -0.3 is 4.74 Å². The summed E-state index contributed by atoms with van der Waals surface area (Å²) in [6, 6.07) is 0. The Hall–Kier alpha value is -0.530. The summed E-state index contributed by atoms with van der Waals surface area (Å²) in [5, 5.41) is 0. The summed E-state index contributed by atoms with van der Waals surface area (Å²) in [6.07, 6.45) is 5.93. The minimum Gasteiger partial charge on any atom is -0.457 e. The molecule has 0 bridgehead atoms. The van der Waals surface area contributed by atoms with E-state index in [0.717, 1.165) is 12.8 Å². The van der Waals surface area contributed by atoms with Gasteiger partial charge in [0.1, 0.15) is 0 Å². The van der Waals surface area contributed by atoms with Gasteiger partial charge in [-0.2, -0.15) is 0 Å². The summed E-state index contributed by atoms with van der Waals surface area (Å²) in [4.78, 5) is 9.84. The lowest BCUT2D eigenvalue weighted by molar-refractivity contribution is 0.205. The molecular formula is C10H19O2. The van der Waals surface area contributed by atoms with Crippen molar-refractivity contribution < 1.29 is 9.53 Å². The monoisotopic (exact) mass is 171 g/mol. The normalized spacial score (nSPS) is 12.5. The molecule has 0 aromatic heterocycles. The first-order chi connectivity index (χ1) is 5.85. The van der Waals surface area contributed by atoms with Crippen molar-refractivity contribution in [3.63, 3.8) is 0 Å². The van der Waals surface area contributed by atoms with E-state index < -0.39 is 0 Å². The molecule has 0 aliphatic heterocycles. The number of unbranched alkanes of at least 4 members (excludes halogenated alkanes) is 1. The molecule has 1 atom stereocenters. The predicted octanol–water partition coefficient (Wildman–Crippen LogP) is 2.68. The maximum Gasteiger partial charge on any atom is 0.417 e. The Bertz CT molecular complexity index is 102. The first kappa shape index (κ1) is 11.5. The molecule has 12 heavy (non-hydrogen) atoms. The van der Waals surface area contributed by atoms with Crippen LogP contribution in [0, 0.1) is 5.92 Å². The third-order valence-electron chi connectivity index (χ3n) is 2.04. The van der Waals surface area contributed by atoms with Gasteiger partial charge in [0, 0.05) is 0 Å². The quantitative estimate of drug-likeness (QED) is 0.561. The Kier molecular flexibility index (Phi) is 8.19. The fourth-order valence-corrected chi connectivity index (χ4v) is 1.36. The van der Waals surface area contributed by atoms with E-state index in [9.17, 15) is 4.79 Å². The minimum atomic E-state index is 0.552. The minimum absolute atomic E-state index is 0.552. The molecular weight excluding hydrogens is 152 g/mol. The fourth-order valence-electron chi connectivity index (χ4n) is 1.36. The Morgan fingerprint density at radius 2 is 2.00 bits per heavy atom. The Morgan fingerprint density at radius 1 is 1.25 bits per heavy atom. The molecule has 0 saturated heterocycles. The highest BCUT2D eigenvalue weighted by molar-refractivity contribution is 5.38. The van der Waals surface area contributed by atoms with Crippen molar-refractivity contribution in [3.8, 4) is 0 Å². The molecule has 1 radical (unpaired) electrons. The molecule has 0 amide bonds. The van der Waals surface area contributed by atoms with E-state index in [1.54, 1.807) is 0 Å². The smallest absolute Gasteiger partial charge is 0.417 e. The Morgan fingerprint density at radius 3 is 2.50 bits per heavy atom. The van der Waals surface area contributed by atoms with Crippen molar-refractivity contribution in [2.24, 2.45) is 5.92 Å². The maximum absolute atomic E-state index is 9.84. The number of ether oxygens (including phenoxy) is 1. The van der Waals surface area contributed by atoms with E-state index in [-0.39, 0.29) is 0 Å². The van der Waals surface area contributed by atoms with Crippen molar-refractivity contribution >= 4 is 6.47 Å². The second kappa shape index (κ2) is 8.57. The van der Waals surface area contributed by atoms with Crippen LogP contribution in [0.1, 0.15) is 46.0 Å². The lowest BCUT2D eigenvalue weighted by Gasteiger charge is -2.13. The van der Waals surface area contributed by atoms with Gasteiger partial charge in [-0.05, 0) is 18.8 Å². The molecule has 0 aromatic carbocycles. The van der Waals surface area contributed by atoms with Crippen LogP contribution in [0.2, 0.25) is 0 Å². The van der Waals surface area contributed by atoms with Crippen molar-refractivity contribution in [2.45, 2.75) is 46.0 Å². The van der Waals surface area contributed by atoms with Crippen LogP contribution in [-0.2, 0) is 9.53 Å². The van der Waals surface area contributed by atoms with Gasteiger partial charge >= 0.3 is 6.47 Å². The van der Waals surface area contributed by atoms with E-state index in [0.29, 0.717) is 12.5 Å². The second-order valence-electron chi connectivity index (χ2n) is 3.19. The molecule has 2 nitrogen and oxygen atoms in total. The van der Waals surface area contributed by atoms with Crippen LogP contribution in [-0.4, -0.2) is 13.1 Å². The molecule has 1 unspecified atom stereocenters. The zero-order valence-electron chi connectivity index (χ0n) is 8.14. The summed E-state index contributed by atoms with van der Waals surface area (Å²) in [5.41, 5.74) is 0. The Balaban J connectivity index is 3.46. The maximum atomic E-state index is 9.84. The van der Waals surface area contributed by atoms with Crippen LogP contribution in [0.3, 0.4) is 0 Å². The van der Waals surface area contributed by atoms with Crippen LogP contribution < -0.4 is 0 Å². The highest BCUT2D eigenvalue weighted by atomic mass is 16.5. The molecule has 2 heteroatoms. The lowest BCUT2D eigenvalue weighted by Crippen LogP contribution is -2.08. The highest BCUT2D eigenvalue weighted by Crippen LogP contribution is 2.14. The third kappa shape index (κ3) is 6.20. The number of hydrogen-bond donors (Lipinski definition) is 0. The van der Waals surface area contributed by atoms with Gasteiger partial charge in [-0.15, -0.1) is 0 Å². The van der Waals surface area contributed by atoms with Gasteiger partial charge in [0.25, 0.3) is 0 Å². The standard InChI is InChI=1S/C10H19O2/c1-3-5-7-10(6-4-2)8-12-9-11/h10H,3-8H2,1-2H3. The Labute approximate surface area is 75.3 Å². The molecule has 0 fully saturated rings. The first-order valence-corrected chi connectivity index (χ1v) is 4.84. The largest absolute Gasteiger partial charge is 0.457 e. The molecule has 0 aromatic rings. The van der Waals surface area contributed by atoms with Crippen LogP contribution >= 0.6 is 0 Å². The van der Waals surface area contributed by atoms with Crippen molar-refractivity contribution in [3.05, 3.63) is 0 Å². The van der Waals surface area contributed by atoms with E-state index in [1.807, 2.05) is 0 Å². The van der Waals surface area contributed by atoms with Gasteiger partial charge in [0.05, 0.1) is 6.61 Å². The fraction of sp³-hybridized carbons (Fsp3) is 0.900. The van der Waals surface area contributed by atoms with Gasteiger partial charge in [-0.1, -0.05) is 33.1 Å². The molecule has 71 valence electrons. The summed E-state index contributed by atoms with van der Waals surface area (Å²) in [6.45, 7) is 6.37. The van der Waals surface area contributed by atoms with Crippen LogP contribution in [0.25, 0.3) is 0 Å². The van der Waals surface area contributed by atoms with E-state index in [1.165, 1.54) is 25.7 Å². The second-order valence-corrected chi connectivity index (χ2v) is 3.19. The van der Waals surface area contributed by atoms with E-state index >= 15 is 0 Å². The van der Waals surface area contributed by atoms with Gasteiger partial charge in [0.2, 0.25) is 0 Å². The summed E-state index contributed by atoms with van der Waals surface area (Å²) in [5.74, 6) is 0.552. The first-order valence-electron chi connectivity index (χ1n) is 4.84. The zero-order valence-corrected chi connectivity index (χ0v) is 8.14. The van der Waals surface area contributed by atoms with Crippen LogP contribution in [0.15, 0.2) is 0 Å². The summed E-state index contributed by atoms with van der Waals surface area (Å²) < 4.78 is 4.64. The predicted molar refractivity (Wildman–Crippen MR) is 49.6 cm³/mol. The molecule has 0 rings (SSSR count). The van der Waals surface area contributed by atoms with Crippen LogP contribution in [0.4, 0.5) is 0 Å². The van der Waals surface area contributed by atoms with Gasteiger partial charge in [0.15, 0.2) is 0 Å². The topological polar surface area (TPSA) is 26.3 Å². The number of rotatable bonds is 8. The third-order valence-corrected chi connectivity index (χ3v) is 2.04. The highest BCUT2D eigenvalue weighted by Gasteiger charge is 2.07. The molecule has 0 N–H and O–H groups in total.